The van der Waals surface area contributed by atoms with E-state index < -0.39 is 0 Å². The third-order valence-electron chi connectivity index (χ3n) is 2.83. The summed E-state index contributed by atoms with van der Waals surface area (Å²) >= 11 is 3.47. The van der Waals surface area contributed by atoms with E-state index in [1.807, 2.05) is 42.5 Å². The van der Waals surface area contributed by atoms with Crippen molar-refractivity contribution in [2.24, 2.45) is 5.73 Å². The van der Waals surface area contributed by atoms with Crippen molar-refractivity contribution in [1.82, 2.24) is 0 Å². The zero-order valence-electron chi connectivity index (χ0n) is 10.5. The van der Waals surface area contributed by atoms with Gasteiger partial charge < -0.3 is 15.6 Å². The van der Waals surface area contributed by atoms with E-state index in [9.17, 15) is 0 Å². The van der Waals surface area contributed by atoms with E-state index in [2.05, 4.69) is 15.9 Å². The van der Waals surface area contributed by atoms with Crippen molar-refractivity contribution in [2.75, 3.05) is 6.61 Å². The molecule has 3 nitrogen and oxygen atoms in total. The van der Waals surface area contributed by atoms with E-state index in [1.165, 1.54) is 0 Å². The molecule has 3 N–H and O–H groups in total. The molecule has 2 rings (SSSR count). The van der Waals surface area contributed by atoms with Crippen molar-refractivity contribution < 1.29 is 9.84 Å². The number of hydrogen-bond acceptors (Lipinski definition) is 3. The van der Waals surface area contributed by atoms with Gasteiger partial charge in [0.2, 0.25) is 0 Å². The Morgan fingerprint density at radius 1 is 1.11 bits per heavy atom. The molecule has 0 atom stereocenters. The van der Waals surface area contributed by atoms with Gasteiger partial charge in [-0.3, -0.25) is 0 Å². The van der Waals surface area contributed by atoms with Crippen LogP contribution in [0.2, 0.25) is 0 Å². The van der Waals surface area contributed by atoms with Gasteiger partial charge in [0, 0.05) is 23.2 Å². The summed E-state index contributed by atoms with van der Waals surface area (Å²) in [6.07, 6.45) is 0.658. The largest absolute Gasteiger partial charge is 0.457 e. The lowest BCUT2D eigenvalue weighted by molar-refractivity contribution is 0.299. The highest BCUT2D eigenvalue weighted by molar-refractivity contribution is 9.10. The molecular formula is C15H16BrNO2. The molecule has 0 spiro atoms. The van der Waals surface area contributed by atoms with Gasteiger partial charge >= 0.3 is 0 Å². The molecule has 0 aliphatic carbocycles. The molecule has 0 saturated carbocycles. The average Bonchev–Trinajstić information content (AvgIpc) is 2.42. The van der Waals surface area contributed by atoms with Crippen LogP contribution in [0, 0.1) is 0 Å². The Hall–Kier alpha value is -1.36. The SMILES string of the molecule is NCc1c(Br)cccc1Oc1ccc(CCO)cc1. The minimum absolute atomic E-state index is 0.156. The van der Waals surface area contributed by atoms with Crippen LogP contribution >= 0.6 is 15.9 Å². The maximum atomic E-state index is 8.87. The van der Waals surface area contributed by atoms with E-state index in [4.69, 9.17) is 15.6 Å². The van der Waals surface area contributed by atoms with Crippen LogP contribution in [0.5, 0.6) is 11.5 Å². The molecule has 0 aromatic heterocycles. The number of aliphatic hydroxyl groups is 1. The number of ether oxygens (including phenoxy) is 1. The molecule has 0 heterocycles. The lowest BCUT2D eigenvalue weighted by Crippen LogP contribution is -2.00. The van der Waals surface area contributed by atoms with Crippen molar-refractivity contribution in [2.45, 2.75) is 13.0 Å². The second kappa shape index (κ2) is 6.70. The number of halogens is 1. The second-order valence-electron chi connectivity index (χ2n) is 4.14. The molecule has 0 radical (unpaired) electrons. The fourth-order valence-corrected chi connectivity index (χ4v) is 2.32. The summed E-state index contributed by atoms with van der Waals surface area (Å²) in [5.41, 5.74) is 7.76. The summed E-state index contributed by atoms with van der Waals surface area (Å²) in [4.78, 5) is 0. The Kier molecular flexibility index (Phi) is 4.96. The predicted octanol–water partition coefficient (Wildman–Crippen LogP) is 3.23. The summed E-state index contributed by atoms with van der Waals surface area (Å²) in [7, 11) is 0. The molecule has 0 fully saturated rings. The third kappa shape index (κ3) is 3.56. The molecular weight excluding hydrogens is 306 g/mol. The first-order chi connectivity index (χ1) is 9.24. The molecule has 0 saturated heterocycles. The average molecular weight is 322 g/mol. The van der Waals surface area contributed by atoms with Crippen molar-refractivity contribution in [3.05, 3.63) is 58.1 Å². The number of nitrogens with two attached hydrogens (primary N) is 1. The van der Waals surface area contributed by atoms with Gasteiger partial charge in [-0.25, -0.2) is 0 Å². The van der Waals surface area contributed by atoms with Crippen LogP contribution in [-0.2, 0) is 13.0 Å². The first-order valence-electron chi connectivity index (χ1n) is 6.09. The van der Waals surface area contributed by atoms with Gasteiger partial charge in [0.05, 0.1) is 0 Å². The number of aliphatic hydroxyl groups excluding tert-OH is 1. The monoisotopic (exact) mass is 321 g/mol. The topological polar surface area (TPSA) is 55.5 Å². The van der Waals surface area contributed by atoms with E-state index in [0.717, 1.165) is 27.1 Å². The Morgan fingerprint density at radius 3 is 2.47 bits per heavy atom. The minimum Gasteiger partial charge on any atom is -0.457 e. The normalized spacial score (nSPS) is 10.5. The molecule has 2 aromatic carbocycles. The van der Waals surface area contributed by atoms with E-state index in [-0.39, 0.29) is 6.61 Å². The molecule has 0 aliphatic heterocycles. The number of hydrogen-bond donors (Lipinski definition) is 2. The zero-order chi connectivity index (χ0) is 13.7. The van der Waals surface area contributed by atoms with Gasteiger partial charge in [-0.2, -0.15) is 0 Å². The summed E-state index contributed by atoms with van der Waals surface area (Å²) < 4.78 is 6.79. The smallest absolute Gasteiger partial charge is 0.133 e. The summed E-state index contributed by atoms with van der Waals surface area (Å²) in [6.45, 7) is 0.572. The molecule has 19 heavy (non-hydrogen) atoms. The Balaban J connectivity index is 2.19. The van der Waals surface area contributed by atoms with Crippen LogP contribution < -0.4 is 10.5 Å². The van der Waals surface area contributed by atoms with Crippen molar-refractivity contribution >= 4 is 15.9 Å². The number of rotatable bonds is 5. The van der Waals surface area contributed by atoms with Crippen LogP contribution in [0.3, 0.4) is 0 Å². The maximum Gasteiger partial charge on any atom is 0.133 e. The molecule has 0 bridgehead atoms. The fraction of sp³-hybridized carbons (Fsp3) is 0.200. The second-order valence-corrected chi connectivity index (χ2v) is 4.99. The fourth-order valence-electron chi connectivity index (χ4n) is 1.81. The van der Waals surface area contributed by atoms with Crippen LogP contribution in [0.25, 0.3) is 0 Å². The Morgan fingerprint density at radius 2 is 1.84 bits per heavy atom. The lowest BCUT2D eigenvalue weighted by atomic mass is 10.1. The summed E-state index contributed by atoms with van der Waals surface area (Å²) in [5, 5.41) is 8.87. The predicted molar refractivity (Wildman–Crippen MR) is 79.3 cm³/mol. The van der Waals surface area contributed by atoms with Gasteiger partial charge in [-0.1, -0.05) is 34.1 Å². The zero-order valence-corrected chi connectivity index (χ0v) is 12.1. The highest BCUT2D eigenvalue weighted by Crippen LogP contribution is 2.30. The quantitative estimate of drug-likeness (QED) is 0.888. The Labute approximate surface area is 121 Å². The molecule has 4 heteroatoms. The van der Waals surface area contributed by atoms with E-state index in [0.29, 0.717) is 13.0 Å². The van der Waals surface area contributed by atoms with Crippen LogP contribution in [0.4, 0.5) is 0 Å². The first kappa shape index (κ1) is 14.1. The molecule has 2 aromatic rings. The first-order valence-corrected chi connectivity index (χ1v) is 6.89. The third-order valence-corrected chi connectivity index (χ3v) is 3.57. The van der Waals surface area contributed by atoms with Crippen molar-refractivity contribution in [3.8, 4) is 11.5 Å². The lowest BCUT2D eigenvalue weighted by Gasteiger charge is -2.11. The van der Waals surface area contributed by atoms with E-state index >= 15 is 0 Å². The molecule has 0 amide bonds. The van der Waals surface area contributed by atoms with Gasteiger partial charge in [0.25, 0.3) is 0 Å². The van der Waals surface area contributed by atoms with Crippen LogP contribution in [0.1, 0.15) is 11.1 Å². The molecule has 0 aliphatic rings. The van der Waals surface area contributed by atoms with Crippen molar-refractivity contribution in [1.29, 1.82) is 0 Å². The van der Waals surface area contributed by atoms with Gasteiger partial charge in [0.1, 0.15) is 11.5 Å². The number of benzene rings is 2. The minimum atomic E-state index is 0.156. The van der Waals surface area contributed by atoms with Crippen LogP contribution in [-0.4, -0.2) is 11.7 Å². The highest BCUT2D eigenvalue weighted by atomic mass is 79.9. The van der Waals surface area contributed by atoms with Gasteiger partial charge in [-0.05, 0) is 36.2 Å². The van der Waals surface area contributed by atoms with Gasteiger partial charge in [0.15, 0.2) is 0 Å². The van der Waals surface area contributed by atoms with Crippen molar-refractivity contribution in [3.63, 3.8) is 0 Å². The molecule has 100 valence electrons. The Bertz CT molecular complexity index is 540. The van der Waals surface area contributed by atoms with E-state index in [1.54, 1.807) is 0 Å². The summed E-state index contributed by atoms with van der Waals surface area (Å²) in [5.74, 6) is 1.52. The summed E-state index contributed by atoms with van der Waals surface area (Å²) in [6, 6.07) is 13.4. The standard InChI is InChI=1S/C15H16BrNO2/c16-14-2-1-3-15(13(14)10-17)19-12-6-4-11(5-7-12)8-9-18/h1-7,18H,8-10,17H2. The maximum absolute atomic E-state index is 8.87. The van der Waals surface area contributed by atoms with Crippen LogP contribution in [0.15, 0.2) is 46.9 Å². The molecule has 0 unspecified atom stereocenters. The van der Waals surface area contributed by atoms with Gasteiger partial charge in [-0.15, -0.1) is 0 Å². The highest BCUT2D eigenvalue weighted by Gasteiger charge is 2.07.